The van der Waals surface area contributed by atoms with Crippen LogP contribution in [0.1, 0.15) is 33.8 Å². The van der Waals surface area contributed by atoms with Crippen LogP contribution < -0.4 is 10.0 Å². The SMILES string of the molecule is Cc1cc2nc(NCc3ccc(-c4ccsc4S(=O)(=O)Nc4noc(C)c4C)cc3)c(C#N)cc2c(C)n1. The van der Waals surface area contributed by atoms with Gasteiger partial charge in [-0.2, -0.15) is 5.26 Å². The van der Waals surface area contributed by atoms with Crippen LogP contribution in [0.25, 0.3) is 22.0 Å². The number of fused-ring (bicyclic) bond motifs is 1. The highest BCUT2D eigenvalue weighted by Gasteiger charge is 2.24. The minimum absolute atomic E-state index is 0.184. The number of aryl methyl sites for hydroxylation is 3. The van der Waals surface area contributed by atoms with Gasteiger partial charge in [-0.05, 0) is 62.4 Å². The molecule has 38 heavy (non-hydrogen) atoms. The first kappa shape index (κ1) is 25.4. The summed E-state index contributed by atoms with van der Waals surface area (Å²) >= 11 is 1.14. The molecule has 1 aromatic carbocycles. The molecule has 0 bridgehead atoms. The lowest BCUT2D eigenvalue weighted by Crippen LogP contribution is -2.13. The fourth-order valence-electron chi connectivity index (χ4n) is 4.09. The van der Waals surface area contributed by atoms with E-state index in [1.54, 1.807) is 25.3 Å². The molecule has 0 aliphatic carbocycles. The number of nitriles is 1. The van der Waals surface area contributed by atoms with Gasteiger partial charge in [0.05, 0.1) is 11.1 Å². The highest BCUT2D eigenvalue weighted by atomic mass is 32.2. The van der Waals surface area contributed by atoms with Crippen molar-refractivity contribution in [1.29, 1.82) is 5.26 Å². The summed E-state index contributed by atoms with van der Waals surface area (Å²) < 4.78 is 34.0. The van der Waals surface area contributed by atoms with E-state index in [-0.39, 0.29) is 10.0 Å². The van der Waals surface area contributed by atoms with Gasteiger partial charge in [-0.3, -0.25) is 9.71 Å². The summed E-state index contributed by atoms with van der Waals surface area (Å²) in [5.41, 5.74) is 5.89. The van der Waals surface area contributed by atoms with Crippen LogP contribution in [0.15, 0.2) is 56.6 Å². The van der Waals surface area contributed by atoms with E-state index in [0.29, 0.717) is 34.8 Å². The first-order chi connectivity index (χ1) is 18.2. The second kappa shape index (κ2) is 9.89. The molecule has 0 amide bonds. The molecule has 0 fully saturated rings. The van der Waals surface area contributed by atoms with Gasteiger partial charge in [0.2, 0.25) is 0 Å². The van der Waals surface area contributed by atoms with Crippen LogP contribution in [0.3, 0.4) is 0 Å². The maximum atomic E-state index is 13.1. The Morgan fingerprint density at radius 2 is 1.79 bits per heavy atom. The van der Waals surface area contributed by atoms with Crippen molar-refractivity contribution in [2.75, 3.05) is 10.0 Å². The van der Waals surface area contributed by atoms with E-state index >= 15 is 0 Å². The van der Waals surface area contributed by atoms with Crippen molar-refractivity contribution in [3.63, 3.8) is 0 Å². The van der Waals surface area contributed by atoms with Crippen LogP contribution in [0.4, 0.5) is 11.6 Å². The van der Waals surface area contributed by atoms with Crippen molar-refractivity contribution < 1.29 is 12.9 Å². The monoisotopic (exact) mass is 544 g/mol. The number of aromatic nitrogens is 3. The van der Waals surface area contributed by atoms with Gasteiger partial charge in [-0.1, -0.05) is 29.4 Å². The Kier molecular flexibility index (Phi) is 6.60. The Morgan fingerprint density at radius 3 is 2.47 bits per heavy atom. The number of hydrogen-bond donors (Lipinski definition) is 2. The smallest absolute Gasteiger partial charge is 0.273 e. The average Bonchev–Trinajstić information content (AvgIpc) is 3.51. The molecule has 2 N–H and O–H groups in total. The average molecular weight is 545 g/mol. The number of anilines is 2. The van der Waals surface area contributed by atoms with Crippen LogP contribution in [-0.2, 0) is 16.6 Å². The van der Waals surface area contributed by atoms with Gasteiger partial charge in [-0.25, -0.2) is 13.4 Å². The van der Waals surface area contributed by atoms with Crippen LogP contribution in [0.2, 0.25) is 0 Å². The summed E-state index contributed by atoms with van der Waals surface area (Å²) in [5, 5.41) is 19.3. The molecule has 5 aromatic rings. The Balaban J connectivity index is 1.36. The molecule has 0 aliphatic heterocycles. The lowest BCUT2D eigenvalue weighted by molar-refractivity contribution is 0.399. The minimum Gasteiger partial charge on any atom is -0.365 e. The molecule has 0 unspecified atom stereocenters. The molecule has 0 atom stereocenters. The molecule has 0 radical (unpaired) electrons. The first-order valence-electron chi connectivity index (χ1n) is 11.7. The van der Waals surface area contributed by atoms with Crippen molar-refractivity contribution in [1.82, 2.24) is 15.1 Å². The maximum absolute atomic E-state index is 13.1. The van der Waals surface area contributed by atoms with Crippen molar-refractivity contribution >= 4 is 43.9 Å². The molecule has 4 aromatic heterocycles. The zero-order valence-corrected chi connectivity index (χ0v) is 22.8. The predicted octanol–water partition coefficient (Wildman–Crippen LogP) is 5.86. The summed E-state index contributed by atoms with van der Waals surface area (Å²) in [7, 11) is -3.86. The zero-order valence-electron chi connectivity index (χ0n) is 21.2. The second-order valence-corrected chi connectivity index (χ2v) is 11.7. The molecular formula is C27H24N6O3S2. The Bertz CT molecular complexity index is 1820. The van der Waals surface area contributed by atoms with E-state index in [2.05, 4.69) is 31.2 Å². The van der Waals surface area contributed by atoms with E-state index in [1.807, 2.05) is 50.2 Å². The number of hydrogen-bond acceptors (Lipinski definition) is 9. The first-order valence-corrected chi connectivity index (χ1v) is 14.1. The lowest BCUT2D eigenvalue weighted by atomic mass is 10.1. The lowest BCUT2D eigenvalue weighted by Gasteiger charge is -2.11. The van der Waals surface area contributed by atoms with Gasteiger partial charge in [0.25, 0.3) is 10.0 Å². The largest absolute Gasteiger partial charge is 0.365 e. The second-order valence-electron chi connectivity index (χ2n) is 8.90. The molecule has 192 valence electrons. The molecule has 0 spiro atoms. The van der Waals surface area contributed by atoms with Crippen molar-refractivity contribution in [2.45, 2.75) is 38.4 Å². The molecule has 4 heterocycles. The minimum atomic E-state index is -3.86. The van der Waals surface area contributed by atoms with Gasteiger partial charge in [0.15, 0.2) is 5.82 Å². The van der Waals surface area contributed by atoms with Crippen LogP contribution in [0.5, 0.6) is 0 Å². The van der Waals surface area contributed by atoms with E-state index in [9.17, 15) is 13.7 Å². The topological polar surface area (TPSA) is 134 Å². The number of thiophene rings is 1. The molecule has 0 aliphatic rings. The van der Waals surface area contributed by atoms with Crippen molar-refractivity contribution in [3.05, 3.63) is 81.7 Å². The van der Waals surface area contributed by atoms with Crippen LogP contribution >= 0.6 is 11.3 Å². The quantitative estimate of drug-likeness (QED) is 0.260. The number of nitrogens with zero attached hydrogens (tertiary/aromatic N) is 4. The zero-order chi connectivity index (χ0) is 27.0. The number of pyridine rings is 2. The summed E-state index contributed by atoms with van der Waals surface area (Å²) in [5.74, 6) is 1.25. The normalized spacial score (nSPS) is 11.4. The van der Waals surface area contributed by atoms with Crippen molar-refractivity contribution in [2.24, 2.45) is 0 Å². The third kappa shape index (κ3) is 4.83. The van der Waals surface area contributed by atoms with E-state index in [0.717, 1.165) is 44.8 Å². The molecule has 11 heteroatoms. The third-order valence-corrected chi connectivity index (χ3v) is 9.06. The molecule has 5 rings (SSSR count). The maximum Gasteiger partial charge on any atom is 0.273 e. The summed E-state index contributed by atoms with van der Waals surface area (Å²) in [6.07, 6.45) is 0. The van der Waals surface area contributed by atoms with Gasteiger partial charge in [0.1, 0.15) is 21.9 Å². The van der Waals surface area contributed by atoms with Crippen LogP contribution in [0, 0.1) is 39.0 Å². The Hall–Kier alpha value is -4.27. The van der Waals surface area contributed by atoms with Gasteiger partial charge in [-0.15, -0.1) is 11.3 Å². The van der Waals surface area contributed by atoms with Gasteiger partial charge >= 0.3 is 0 Å². The van der Waals surface area contributed by atoms with Crippen LogP contribution in [-0.4, -0.2) is 23.5 Å². The predicted molar refractivity (Wildman–Crippen MR) is 148 cm³/mol. The summed E-state index contributed by atoms with van der Waals surface area (Å²) in [6, 6.07) is 15.3. The summed E-state index contributed by atoms with van der Waals surface area (Å²) in [6.45, 7) is 7.74. The Labute approximate surface area is 224 Å². The van der Waals surface area contributed by atoms with Gasteiger partial charge < -0.3 is 9.84 Å². The van der Waals surface area contributed by atoms with E-state index in [1.165, 1.54) is 0 Å². The highest BCUT2D eigenvalue weighted by molar-refractivity contribution is 7.94. The third-order valence-electron chi connectivity index (χ3n) is 6.24. The van der Waals surface area contributed by atoms with E-state index in [4.69, 9.17) is 4.52 Å². The number of benzene rings is 1. The molecule has 9 nitrogen and oxygen atoms in total. The fourth-order valence-corrected chi connectivity index (χ4v) is 6.55. The van der Waals surface area contributed by atoms with Gasteiger partial charge in [0, 0.05) is 34.4 Å². The fraction of sp³-hybridized carbons (Fsp3) is 0.185. The van der Waals surface area contributed by atoms with E-state index < -0.39 is 10.0 Å². The number of nitrogens with one attached hydrogen (secondary N) is 2. The molecule has 0 saturated carbocycles. The highest BCUT2D eigenvalue weighted by Crippen LogP contribution is 2.34. The Morgan fingerprint density at radius 1 is 1.03 bits per heavy atom. The molecule has 0 saturated heterocycles. The summed E-state index contributed by atoms with van der Waals surface area (Å²) in [4.78, 5) is 9.12. The standard InChI is InChI=1S/C27H24N6O3S2/c1-15-11-24-23(17(3)30-15)12-21(13-28)26(31-24)29-14-19-5-7-20(8-6-19)22-9-10-37-27(22)38(34,35)33-25-16(2)18(4)36-32-25/h5-12H,14H2,1-4H3,(H,29,31)(H,32,33). The van der Waals surface area contributed by atoms with Crippen molar-refractivity contribution in [3.8, 4) is 17.2 Å². The number of rotatable bonds is 7. The number of sulfonamides is 1. The molecular weight excluding hydrogens is 520 g/mol.